The second-order valence-electron chi connectivity index (χ2n) is 9.29. The lowest BCUT2D eigenvalue weighted by molar-refractivity contribution is -0.130. The number of hydrogen-bond acceptors (Lipinski definition) is 5. The van der Waals surface area contributed by atoms with Crippen LogP contribution in [0, 0.1) is 13.8 Å². The van der Waals surface area contributed by atoms with Crippen molar-refractivity contribution >= 4 is 34.9 Å². The largest absolute Gasteiger partial charge is 0.354 e. The average Bonchev–Trinajstić information content (AvgIpc) is 3.12. The number of urea groups is 1. The standard InChI is InChI=1S/C29H32N4O5/c1-19-9-13-21(14-10-19)31-25(34)17-29(33(28(30)36)22-15-11-20(2)12-16-22)23-7-5-6-8-24(23)32(27(29)35)18-26(37-3)38-4/h5-16,26H,17-18H2,1-4H3,(H2,30,36)(H,31,34). The molecular weight excluding hydrogens is 484 g/mol. The normalized spacial score (nSPS) is 16.4. The van der Waals surface area contributed by atoms with Gasteiger partial charge in [-0.1, -0.05) is 53.6 Å². The number of methoxy groups -OCH3 is 2. The van der Waals surface area contributed by atoms with Crippen LogP contribution in [-0.4, -0.2) is 44.9 Å². The van der Waals surface area contributed by atoms with Gasteiger partial charge < -0.3 is 25.4 Å². The summed E-state index contributed by atoms with van der Waals surface area (Å²) in [6.45, 7) is 3.91. The fraction of sp³-hybridized carbons (Fsp3) is 0.276. The lowest BCUT2D eigenvalue weighted by Crippen LogP contribution is -2.59. The second-order valence-corrected chi connectivity index (χ2v) is 9.29. The van der Waals surface area contributed by atoms with E-state index in [1.54, 1.807) is 48.5 Å². The summed E-state index contributed by atoms with van der Waals surface area (Å²) in [5.74, 6) is -0.941. The Hall–Kier alpha value is -4.21. The van der Waals surface area contributed by atoms with E-state index >= 15 is 0 Å². The number of nitrogens with two attached hydrogens (primary N) is 1. The highest BCUT2D eigenvalue weighted by atomic mass is 16.7. The quantitative estimate of drug-likeness (QED) is 0.416. The van der Waals surface area contributed by atoms with E-state index in [1.807, 2.05) is 38.1 Å². The maximum Gasteiger partial charge on any atom is 0.320 e. The van der Waals surface area contributed by atoms with E-state index in [0.717, 1.165) is 11.1 Å². The minimum atomic E-state index is -1.75. The van der Waals surface area contributed by atoms with Crippen molar-refractivity contribution in [1.29, 1.82) is 0 Å². The van der Waals surface area contributed by atoms with E-state index < -0.39 is 29.7 Å². The first kappa shape index (κ1) is 26.8. The Balaban J connectivity index is 1.87. The zero-order valence-electron chi connectivity index (χ0n) is 21.9. The number of nitrogens with one attached hydrogen (secondary N) is 1. The van der Waals surface area contributed by atoms with Crippen LogP contribution in [0.2, 0.25) is 0 Å². The molecular formula is C29H32N4O5. The van der Waals surface area contributed by atoms with Crippen LogP contribution < -0.4 is 20.9 Å². The Morgan fingerprint density at radius 2 is 1.53 bits per heavy atom. The summed E-state index contributed by atoms with van der Waals surface area (Å²) in [6.07, 6.45) is -1.10. The summed E-state index contributed by atoms with van der Waals surface area (Å²) in [5, 5.41) is 2.87. The topological polar surface area (TPSA) is 114 Å². The number of benzene rings is 3. The van der Waals surface area contributed by atoms with E-state index in [9.17, 15) is 14.4 Å². The minimum absolute atomic E-state index is 0.0463. The molecule has 0 bridgehead atoms. The Morgan fingerprint density at radius 3 is 2.11 bits per heavy atom. The van der Waals surface area contributed by atoms with Crippen LogP contribution in [0.25, 0.3) is 0 Å². The van der Waals surface area contributed by atoms with Crippen LogP contribution in [0.5, 0.6) is 0 Å². The van der Waals surface area contributed by atoms with Crippen LogP contribution in [-0.2, 0) is 24.6 Å². The van der Waals surface area contributed by atoms with Crippen molar-refractivity contribution in [2.24, 2.45) is 5.73 Å². The molecule has 0 radical (unpaired) electrons. The number of ether oxygens (including phenoxy) is 2. The number of anilines is 3. The van der Waals surface area contributed by atoms with Crippen LogP contribution in [0.3, 0.4) is 0 Å². The Bertz CT molecular complexity index is 1320. The maximum atomic E-state index is 14.5. The molecule has 4 amide bonds. The highest BCUT2D eigenvalue weighted by Crippen LogP contribution is 2.48. The number of para-hydroxylation sites is 1. The molecule has 3 aromatic rings. The summed E-state index contributed by atoms with van der Waals surface area (Å²) in [5.41, 5.74) is 8.22. The monoisotopic (exact) mass is 516 g/mol. The molecule has 9 nitrogen and oxygen atoms in total. The fourth-order valence-corrected chi connectivity index (χ4v) is 4.85. The van der Waals surface area contributed by atoms with Gasteiger partial charge in [-0.25, -0.2) is 4.79 Å². The molecule has 3 aromatic carbocycles. The van der Waals surface area contributed by atoms with Crippen molar-refractivity contribution in [1.82, 2.24) is 0 Å². The van der Waals surface area contributed by atoms with E-state index in [2.05, 4.69) is 5.32 Å². The van der Waals surface area contributed by atoms with Crippen LogP contribution in [0.4, 0.5) is 21.9 Å². The molecule has 4 rings (SSSR count). The predicted molar refractivity (Wildman–Crippen MR) is 146 cm³/mol. The first-order valence-corrected chi connectivity index (χ1v) is 12.2. The maximum absolute atomic E-state index is 14.5. The number of aryl methyl sites for hydroxylation is 2. The van der Waals surface area contributed by atoms with Crippen LogP contribution in [0.15, 0.2) is 72.8 Å². The van der Waals surface area contributed by atoms with Crippen molar-refractivity contribution in [3.8, 4) is 0 Å². The van der Waals surface area contributed by atoms with Gasteiger partial charge in [0, 0.05) is 31.2 Å². The lowest BCUT2D eigenvalue weighted by atomic mass is 9.84. The van der Waals surface area contributed by atoms with Gasteiger partial charge in [-0.3, -0.25) is 14.5 Å². The van der Waals surface area contributed by atoms with Gasteiger partial charge in [-0.2, -0.15) is 0 Å². The van der Waals surface area contributed by atoms with Gasteiger partial charge in [0.2, 0.25) is 5.91 Å². The Kier molecular flexibility index (Phi) is 7.80. The number of primary amides is 1. The molecule has 198 valence electrons. The van der Waals surface area contributed by atoms with Gasteiger partial charge >= 0.3 is 6.03 Å². The molecule has 0 fully saturated rings. The average molecular weight is 517 g/mol. The molecule has 1 aliphatic rings. The summed E-state index contributed by atoms with van der Waals surface area (Å²) < 4.78 is 10.7. The van der Waals surface area contributed by atoms with Gasteiger partial charge in [0.25, 0.3) is 5.91 Å². The first-order chi connectivity index (χ1) is 18.2. The van der Waals surface area contributed by atoms with Crippen molar-refractivity contribution < 1.29 is 23.9 Å². The fourth-order valence-electron chi connectivity index (χ4n) is 4.85. The third-order valence-corrected chi connectivity index (χ3v) is 6.74. The van der Waals surface area contributed by atoms with Crippen molar-refractivity contribution in [3.63, 3.8) is 0 Å². The summed E-state index contributed by atoms with van der Waals surface area (Å²) in [7, 11) is 2.95. The lowest BCUT2D eigenvalue weighted by Gasteiger charge is -2.39. The van der Waals surface area contributed by atoms with E-state index in [-0.39, 0.29) is 13.0 Å². The molecule has 1 unspecified atom stereocenters. The molecule has 0 aliphatic carbocycles. The minimum Gasteiger partial charge on any atom is -0.354 e. The van der Waals surface area contributed by atoms with Gasteiger partial charge in [0.15, 0.2) is 11.8 Å². The number of rotatable bonds is 9. The predicted octanol–water partition coefficient (Wildman–Crippen LogP) is 4.08. The molecule has 38 heavy (non-hydrogen) atoms. The third kappa shape index (κ3) is 4.98. The van der Waals surface area contributed by atoms with Crippen molar-refractivity contribution in [2.75, 3.05) is 35.9 Å². The van der Waals surface area contributed by atoms with Gasteiger partial charge in [0.05, 0.1) is 18.7 Å². The zero-order chi connectivity index (χ0) is 27.4. The molecule has 9 heteroatoms. The van der Waals surface area contributed by atoms with Gasteiger partial charge in [-0.15, -0.1) is 0 Å². The van der Waals surface area contributed by atoms with E-state index in [0.29, 0.717) is 22.6 Å². The smallest absolute Gasteiger partial charge is 0.320 e. The van der Waals surface area contributed by atoms with Gasteiger partial charge in [0.1, 0.15) is 0 Å². The Morgan fingerprint density at radius 1 is 0.947 bits per heavy atom. The first-order valence-electron chi connectivity index (χ1n) is 12.2. The van der Waals surface area contributed by atoms with Crippen molar-refractivity contribution in [3.05, 3.63) is 89.5 Å². The van der Waals surface area contributed by atoms with Crippen molar-refractivity contribution in [2.45, 2.75) is 32.1 Å². The number of fused-ring (bicyclic) bond motifs is 1. The molecule has 0 saturated heterocycles. The van der Waals surface area contributed by atoms with Crippen LogP contribution in [0.1, 0.15) is 23.1 Å². The molecule has 1 aliphatic heterocycles. The van der Waals surface area contributed by atoms with Crippen LogP contribution >= 0.6 is 0 Å². The van der Waals surface area contributed by atoms with E-state index in [1.165, 1.54) is 24.0 Å². The highest BCUT2D eigenvalue weighted by molar-refractivity contribution is 6.16. The number of nitrogens with zero attached hydrogens (tertiary/aromatic N) is 2. The molecule has 0 saturated carbocycles. The number of hydrogen-bond donors (Lipinski definition) is 2. The Labute approximate surface area is 222 Å². The number of carbonyl (C=O) groups excluding carboxylic acids is 3. The molecule has 3 N–H and O–H groups in total. The second kappa shape index (κ2) is 11.0. The molecule has 1 heterocycles. The zero-order valence-corrected chi connectivity index (χ0v) is 21.9. The van der Waals surface area contributed by atoms with E-state index in [4.69, 9.17) is 15.2 Å². The summed E-state index contributed by atoms with van der Waals surface area (Å²) in [6, 6.07) is 20.6. The summed E-state index contributed by atoms with van der Waals surface area (Å²) >= 11 is 0. The number of carbonyl (C=O) groups is 3. The molecule has 0 spiro atoms. The SMILES string of the molecule is COC(CN1C(=O)C(CC(=O)Nc2ccc(C)cc2)(N(C(N)=O)c2ccc(C)cc2)c2ccccc21)OC. The number of amides is 4. The highest BCUT2D eigenvalue weighted by Gasteiger charge is 2.58. The molecule has 1 atom stereocenters. The summed E-state index contributed by atoms with van der Waals surface area (Å²) in [4.78, 5) is 43.9. The molecule has 0 aromatic heterocycles. The third-order valence-electron chi connectivity index (χ3n) is 6.74. The van der Waals surface area contributed by atoms with Gasteiger partial charge in [-0.05, 0) is 44.2 Å².